The third kappa shape index (κ3) is 6.60. The highest BCUT2D eigenvalue weighted by atomic mass is 32.1. The Hall–Kier alpha value is -3.91. The van der Waals surface area contributed by atoms with E-state index in [0.29, 0.717) is 18.8 Å². The standard InChI is InChI=1S/C28H30N4O3S/c1-2-25-26(31-28(36-25)22-7-6-16-30-19-22)20-8-12-23(13-9-20)34-17-4-3-5-18-35-24-14-10-21(11-15-24)27(29)32-33/h6-16,19,33H,2-5,17-18H2,1H3,(H2,29,32). The van der Waals surface area contributed by atoms with Crippen molar-refractivity contribution in [3.63, 3.8) is 0 Å². The molecule has 7 nitrogen and oxygen atoms in total. The van der Waals surface area contributed by atoms with Crippen molar-refractivity contribution < 1.29 is 14.7 Å². The van der Waals surface area contributed by atoms with Gasteiger partial charge in [0.15, 0.2) is 5.84 Å². The van der Waals surface area contributed by atoms with E-state index >= 15 is 0 Å². The number of benzene rings is 2. The van der Waals surface area contributed by atoms with E-state index in [4.69, 9.17) is 25.4 Å². The highest BCUT2D eigenvalue weighted by Gasteiger charge is 2.13. The minimum Gasteiger partial charge on any atom is -0.494 e. The average molecular weight is 503 g/mol. The van der Waals surface area contributed by atoms with E-state index in [1.165, 1.54) is 4.88 Å². The lowest BCUT2D eigenvalue weighted by atomic mass is 10.1. The minimum absolute atomic E-state index is 0.0833. The molecular weight excluding hydrogens is 472 g/mol. The summed E-state index contributed by atoms with van der Waals surface area (Å²) in [6.07, 6.45) is 7.47. The van der Waals surface area contributed by atoms with Crippen LogP contribution in [0.5, 0.6) is 11.5 Å². The Kier molecular flexibility index (Phi) is 8.88. The molecule has 0 fully saturated rings. The second kappa shape index (κ2) is 12.7. The SMILES string of the molecule is CCc1sc(-c2cccnc2)nc1-c1ccc(OCCCCCOc2ccc(/C(N)=N/O)cc2)cc1. The first-order valence-corrected chi connectivity index (χ1v) is 12.8. The highest BCUT2D eigenvalue weighted by Crippen LogP contribution is 2.34. The number of hydrogen-bond acceptors (Lipinski definition) is 7. The molecule has 4 rings (SSSR count). The predicted molar refractivity (Wildman–Crippen MR) is 144 cm³/mol. The summed E-state index contributed by atoms with van der Waals surface area (Å²) >= 11 is 1.72. The summed E-state index contributed by atoms with van der Waals surface area (Å²) in [5.41, 5.74) is 9.40. The highest BCUT2D eigenvalue weighted by molar-refractivity contribution is 7.15. The number of rotatable bonds is 12. The molecule has 0 saturated carbocycles. The molecule has 0 aliphatic heterocycles. The van der Waals surface area contributed by atoms with E-state index in [1.54, 1.807) is 29.7 Å². The van der Waals surface area contributed by atoms with Gasteiger partial charge in [-0.3, -0.25) is 4.98 Å². The number of amidine groups is 1. The van der Waals surface area contributed by atoms with Crippen LogP contribution in [0.25, 0.3) is 21.8 Å². The van der Waals surface area contributed by atoms with Crippen LogP contribution in [0, 0.1) is 0 Å². The number of aromatic nitrogens is 2. The molecule has 0 radical (unpaired) electrons. The lowest BCUT2D eigenvalue weighted by Crippen LogP contribution is -2.12. The molecule has 0 aliphatic carbocycles. The predicted octanol–water partition coefficient (Wildman–Crippen LogP) is 6.16. The van der Waals surface area contributed by atoms with E-state index in [2.05, 4.69) is 29.2 Å². The number of hydrogen-bond donors (Lipinski definition) is 2. The summed E-state index contributed by atoms with van der Waals surface area (Å²) in [7, 11) is 0. The first-order valence-electron chi connectivity index (χ1n) is 12.0. The quantitative estimate of drug-likeness (QED) is 0.0791. The van der Waals surface area contributed by atoms with Crippen LogP contribution in [0.2, 0.25) is 0 Å². The third-order valence-corrected chi connectivity index (χ3v) is 6.89. The molecule has 2 aromatic carbocycles. The zero-order valence-electron chi connectivity index (χ0n) is 20.3. The van der Waals surface area contributed by atoms with E-state index in [0.717, 1.165) is 59.0 Å². The fourth-order valence-corrected chi connectivity index (χ4v) is 4.69. The van der Waals surface area contributed by atoms with Gasteiger partial charge in [0.1, 0.15) is 16.5 Å². The van der Waals surface area contributed by atoms with Gasteiger partial charge in [0.25, 0.3) is 0 Å². The molecule has 0 amide bonds. The van der Waals surface area contributed by atoms with Crippen LogP contribution in [0.15, 0.2) is 78.2 Å². The Morgan fingerprint density at radius 3 is 2.17 bits per heavy atom. The smallest absolute Gasteiger partial charge is 0.170 e. The molecular formula is C28H30N4O3S. The van der Waals surface area contributed by atoms with Gasteiger partial charge in [-0.15, -0.1) is 11.3 Å². The van der Waals surface area contributed by atoms with Gasteiger partial charge in [-0.25, -0.2) is 4.98 Å². The summed E-state index contributed by atoms with van der Waals surface area (Å²) in [5, 5.41) is 12.7. The van der Waals surface area contributed by atoms with Crippen LogP contribution >= 0.6 is 11.3 Å². The zero-order chi connectivity index (χ0) is 25.2. The van der Waals surface area contributed by atoms with E-state index in [9.17, 15) is 0 Å². The molecule has 0 saturated heterocycles. The number of nitrogens with zero attached hydrogens (tertiary/aromatic N) is 3. The Bertz CT molecular complexity index is 1260. The van der Waals surface area contributed by atoms with Crippen molar-refractivity contribution in [2.75, 3.05) is 13.2 Å². The van der Waals surface area contributed by atoms with Gasteiger partial charge in [-0.2, -0.15) is 0 Å². The van der Waals surface area contributed by atoms with Gasteiger partial charge in [0.05, 0.1) is 18.9 Å². The van der Waals surface area contributed by atoms with E-state index in [1.807, 2.05) is 42.6 Å². The number of nitrogens with two attached hydrogens (primary N) is 1. The molecule has 2 heterocycles. The first-order chi connectivity index (χ1) is 17.7. The molecule has 2 aromatic heterocycles. The first kappa shape index (κ1) is 25.2. The van der Waals surface area contributed by atoms with Gasteiger partial charge < -0.3 is 20.4 Å². The second-order valence-electron chi connectivity index (χ2n) is 8.18. The van der Waals surface area contributed by atoms with Gasteiger partial charge in [0, 0.05) is 34.0 Å². The number of pyridine rings is 1. The van der Waals surface area contributed by atoms with Crippen molar-refractivity contribution in [1.82, 2.24) is 9.97 Å². The molecule has 0 bridgehead atoms. The van der Waals surface area contributed by atoms with Gasteiger partial charge in [-0.05, 0) is 86.3 Å². The molecule has 0 unspecified atom stereocenters. The van der Waals surface area contributed by atoms with Crippen molar-refractivity contribution >= 4 is 17.2 Å². The lowest BCUT2D eigenvalue weighted by molar-refractivity contribution is 0.279. The van der Waals surface area contributed by atoms with E-state index in [-0.39, 0.29) is 5.84 Å². The molecule has 186 valence electrons. The molecule has 8 heteroatoms. The summed E-state index contributed by atoms with van der Waals surface area (Å²) < 4.78 is 11.7. The van der Waals surface area contributed by atoms with Crippen LogP contribution in [-0.4, -0.2) is 34.2 Å². The number of unbranched alkanes of at least 4 members (excludes halogenated alkanes) is 2. The van der Waals surface area contributed by atoms with E-state index < -0.39 is 0 Å². The normalized spacial score (nSPS) is 11.4. The van der Waals surface area contributed by atoms with Crippen LogP contribution in [0.3, 0.4) is 0 Å². The molecule has 4 aromatic rings. The lowest BCUT2D eigenvalue weighted by Gasteiger charge is -2.09. The number of aryl methyl sites for hydroxylation is 1. The van der Waals surface area contributed by atoms with Gasteiger partial charge in [-0.1, -0.05) is 12.1 Å². The Morgan fingerprint density at radius 2 is 1.58 bits per heavy atom. The summed E-state index contributed by atoms with van der Waals surface area (Å²) in [4.78, 5) is 10.4. The molecule has 3 N–H and O–H groups in total. The maximum atomic E-state index is 8.71. The van der Waals surface area contributed by atoms with Crippen LogP contribution in [0.1, 0.15) is 36.6 Å². The average Bonchev–Trinajstić information content (AvgIpc) is 3.38. The Labute approximate surface area is 215 Å². The van der Waals surface area contributed by atoms with Crippen molar-refractivity contribution in [3.05, 3.63) is 83.5 Å². The van der Waals surface area contributed by atoms with Crippen LogP contribution in [-0.2, 0) is 6.42 Å². The topological polar surface area (TPSA) is 103 Å². The van der Waals surface area contributed by atoms with Crippen molar-refractivity contribution in [2.45, 2.75) is 32.6 Å². The molecule has 36 heavy (non-hydrogen) atoms. The monoisotopic (exact) mass is 502 g/mol. The van der Waals surface area contributed by atoms with Crippen LogP contribution in [0.4, 0.5) is 0 Å². The van der Waals surface area contributed by atoms with Crippen molar-refractivity contribution in [1.29, 1.82) is 0 Å². The maximum absolute atomic E-state index is 8.71. The Morgan fingerprint density at radius 1 is 0.917 bits per heavy atom. The van der Waals surface area contributed by atoms with Crippen molar-refractivity contribution in [3.8, 4) is 33.3 Å². The minimum atomic E-state index is 0.0833. The van der Waals surface area contributed by atoms with Gasteiger partial charge >= 0.3 is 0 Å². The van der Waals surface area contributed by atoms with Gasteiger partial charge in [0.2, 0.25) is 0 Å². The third-order valence-electron chi connectivity index (χ3n) is 5.64. The molecule has 0 aliphatic rings. The number of oxime groups is 1. The fourth-order valence-electron chi connectivity index (χ4n) is 3.68. The summed E-state index contributed by atoms with van der Waals surface area (Å²) in [6.45, 7) is 3.45. The number of ether oxygens (including phenoxy) is 2. The van der Waals surface area contributed by atoms with Crippen molar-refractivity contribution in [2.24, 2.45) is 10.9 Å². The largest absolute Gasteiger partial charge is 0.494 e. The Balaban J connectivity index is 1.20. The van der Waals surface area contributed by atoms with Crippen LogP contribution < -0.4 is 15.2 Å². The molecule has 0 atom stereocenters. The fraction of sp³-hybridized carbons (Fsp3) is 0.250. The second-order valence-corrected chi connectivity index (χ2v) is 9.26. The summed E-state index contributed by atoms with van der Waals surface area (Å²) in [5.74, 6) is 1.71. The maximum Gasteiger partial charge on any atom is 0.170 e. The zero-order valence-corrected chi connectivity index (χ0v) is 21.1. The number of thiazole rings is 1. The summed E-state index contributed by atoms with van der Waals surface area (Å²) in [6, 6.07) is 19.3. The molecule has 0 spiro atoms.